The molecule has 6 heteroatoms. The van der Waals surface area contributed by atoms with Crippen molar-refractivity contribution in [3.63, 3.8) is 0 Å². The van der Waals surface area contributed by atoms with Gasteiger partial charge in [0.25, 0.3) is 0 Å². The summed E-state index contributed by atoms with van der Waals surface area (Å²) in [5.41, 5.74) is 0. The molecule has 2 unspecified atom stereocenters. The summed E-state index contributed by atoms with van der Waals surface area (Å²) in [6, 6.07) is 4.64. The van der Waals surface area contributed by atoms with Gasteiger partial charge in [-0.05, 0) is 39.3 Å². The van der Waals surface area contributed by atoms with Crippen molar-refractivity contribution in [3.8, 4) is 0 Å². The summed E-state index contributed by atoms with van der Waals surface area (Å²) in [6.45, 7) is 13.3. The highest BCUT2D eigenvalue weighted by Crippen LogP contribution is 2.24. The van der Waals surface area contributed by atoms with Gasteiger partial charge in [-0.2, -0.15) is 0 Å². The second-order valence-corrected chi connectivity index (χ2v) is 6.29. The molecule has 1 aliphatic heterocycles. The molecule has 0 radical (unpaired) electrons. The van der Waals surface area contributed by atoms with Crippen LogP contribution in [0, 0.1) is 6.92 Å². The minimum absolute atomic E-state index is 0.148. The number of furan rings is 1. The molecule has 1 saturated heterocycles. The molecule has 2 N–H and O–H groups in total. The Labute approximate surface area is 145 Å². The highest BCUT2D eigenvalue weighted by Gasteiger charge is 2.25. The summed E-state index contributed by atoms with van der Waals surface area (Å²) < 4.78 is 11.4. The number of rotatable bonds is 7. The Morgan fingerprint density at radius 3 is 2.62 bits per heavy atom. The highest BCUT2D eigenvalue weighted by molar-refractivity contribution is 5.80. The van der Waals surface area contributed by atoms with E-state index in [1.807, 2.05) is 13.0 Å². The summed E-state index contributed by atoms with van der Waals surface area (Å²) in [4.78, 5) is 7.22. The normalized spacial score (nSPS) is 19.1. The first-order valence-corrected chi connectivity index (χ1v) is 9.07. The van der Waals surface area contributed by atoms with Gasteiger partial charge in [0.15, 0.2) is 5.96 Å². The van der Waals surface area contributed by atoms with Gasteiger partial charge < -0.3 is 19.8 Å². The number of hydrogen-bond donors (Lipinski definition) is 2. The van der Waals surface area contributed by atoms with Crippen LogP contribution in [0.2, 0.25) is 0 Å². The molecule has 2 heterocycles. The van der Waals surface area contributed by atoms with E-state index in [2.05, 4.69) is 42.4 Å². The fraction of sp³-hybridized carbons (Fsp3) is 0.722. The predicted molar refractivity (Wildman–Crippen MR) is 97.4 cm³/mol. The van der Waals surface area contributed by atoms with E-state index in [0.29, 0.717) is 12.6 Å². The van der Waals surface area contributed by atoms with Crippen LogP contribution >= 0.6 is 0 Å². The average molecular weight is 336 g/mol. The van der Waals surface area contributed by atoms with Crippen molar-refractivity contribution in [2.75, 3.05) is 39.4 Å². The van der Waals surface area contributed by atoms with Crippen molar-refractivity contribution < 1.29 is 9.15 Å². The lowest BCUT2D eigenvalue weighted by Gasteiger charge is -2.32. The third-order valence-corrected chi connectivity index (χ3v) is 4.34. The van der Waals surface area contributed by atoms with E-state index >= 15 is 0 Å². The molecule has 6 nitrogen and oxygen atoms in total. The maximum absolute atomic E-state index is 5.90. The van der Waals surface area contributed by atoms with Crippen molar-refractivity contribution in [1.29, 1.82) is 0 Å². The number of aliphatic imine (C=N–C) groups is 1. The van der Waals surface area contributed by atoms with Gasteiger partial charge in [-0.25, -0.2) is 0 Å². The van der Waals surface area contributed by atoms with Gasteiger partial charge in [-0.3, -0.25) is 9.89 Å². The minimum Gasteiger partial charge on any atom is -0.465 e. The minimum atomic E-state index is 0.148. The molecule has 1 aliphatic rings. The van der Waals surface area contributed by atoms with Crippen LogP contribution < -0.4 is 10.6 Å². The number of ether oxygens (including phenoxy) is 1. The first-order chi connectivity index (χ1) is 11.6. The van der Waals surface area contributed by atoms with Crippen LogP contribution in [0.3, 0.4) is 0 Å². The molecule has 1 fully saturated rings. The lowest BCUT2D eigenvalue weighted by Crippen LogP contribution is -2.43. The van der Waals surface area contributed by atoms with E-state index in [-0.39, 0.29) is 6.04 Å². The van der Waals surface area contributed by atoms with E-state index in [1.54, 1.807) is 0 Å². The molecule has 2 rings (SSSR count). The van der Waals surface area contributed by atoms with E-state index in [4.69, 9.17) is 14.1 Å². The third kappa shape index (κ3) is 5.53. The molecule has 1 aromatic rings. The van der Waals surface area contributed by atoms with Crippen LogP contribution in [0.4, 0.5) is 0 Å². The largest absolute Gasteiger partial charge is 0.465 e. The topological polar surface area (TPSA) is 62.0 Å². The lowest BCUT2D eigenvalue weighted by atomic mass is 10.1. The van der Waals surface area contributed by atoms with Crippen LogP contribution in [-0.4, -0.2) is 56.3 Å². The van der Waals surface area contributed by atoms with Crippen LogP contribution in [0.15, 0.2) is 21.5 Å². The molecule has 0 spiro atoms. The maximum Gasteiger partial charge on any atom is 0.191 e. The number of guanidine groups is 1. The summed E-state index contributed by atoms with van der Waals surface area (Å²) in [6.07, 6.45) is 1.06. The number of hydrogen-bond acceptors (Lipinski definition) is 4. The summed E-state index contributed by atoms with van der Waals surface area (Å²) in [5, 5.41) is 6.78. The second kappa shape index (κ2) is 9.69. The van der Waals surface area contributed by atoms with Gasteiger partial charge in [0.1, 0.15) is 11.5 Å². The van der Waals surface area contributed by atoms with Crippen molar-refractivity contribution in [3.05, 3.63) is 23.7 Å². The number of morpholine rings is 1. The Balaban J connectivity index is 2.11. The first kappa shape index (κ1) is 18.8. The molecule has 24 heavy (non-hydrogen) atoms. The van der Waals surface area contributed by atoms with Crippen LogP contribution in [0.25, 0.3) is 0 Å². The van der Waals surface area contributed by atoms with Crippen LogP contribution in [-0.2, 0) is 4.74 Å². The van der Waals surface area contributed by atoms with Crippen molar-refractivity contribution >= 4 is 5.96 Å². The summed E-state index contributed by atoms with van der Waals surface area (Å²) in [7, 11) is 0. The third-order valence-electron chi connectivity index (χ3n) is 4.34. The van der Waals surface area contributed by atoms with Crippen LogP contribution in [0.5, 0.6) is 0 Å². The molecule has 136 valence electrons. The molecule has 0 aliphatic carbocycles. The Bertz CT molecular complexity index is 509. The van der Waals surface area contributed by atoms with E-state index in [9.17, 15) is 0 Å². The molecule has 0 bridgehead atoms. The molecular formula is C18H32N4O2. The zero-order chi connectivity index (χ0) is 17.4. The molecular weight excluding hydrogens is 304 g/mol. The van der Waals surface area contributed by atoms with Crippen molar-refractivity contribution in [2.24, 2.45) is 4.99 Å². The average Bonchev–Trinajstić information content (AvgIpc) is 3.02. The van der Waals surface area contributed by atoms with Gasteiger partial charge in [0.05, 0.1) is 25.8 Å². The number of aryl methyl sites for hydroxylation is 1. The van der Waals surface area contributed by atoms with Gasteiger partial charge >= 0.3 is 0 Å². The number of nitrogens with zero attached hydrogens (tertiary/aromatic N) is 2. The van der Waals surface area contributed by atoms with E-state index in [1.165, 1.54) is 0 Å². The van der Waals surface area contributed by atoms with Gasteiger partial charge in [-0.1, -0.05) is 6.92 Å². The molecule has 0 amide bonds. The zero-order valence-corrected chi connectivity index (χ0v) is 15.5. The summed E-state index contributed by atoms with van der Waals surface area (Å²) in [5.74, 6) is 2.79. The predicted octanol–water partition coefficient (Wildman–Crippen LogP) is 2.31. The van der Waals surface area contributed by atoms with E-state index < -0.39 is 0 Å². The monoisotopic (exact) mass is 336 g/mol. The Kier molecular flexibility index (Phi) is 7.59. The Hall–Kier alpha value is -1.53. The van der Waals surface area contributed by atoms with Gasteiger partial charge in [-0.15, -0.1) is 0 Å². The molecule has 0 aromatic carbocycles. The standard InChI is InChI=1S/C18H32N4O2/c1-5-14(3)21-18(19-6-2)20-13-16(17-8-7-15(4)24-17)22-9-11-23-12-10-22/h7-8,14,16H,5-6,9-13H2,1-4H3,(H2,19,20,21). The highest BCUT2D eigenvalue weighted by atomic mass is 16.5. The summed E-state index contributed by atoms with van der Waals surface area (Å²) >= 11 is 0. The Morgan fingerprint density at radius 1 is 1.29 bits per heavy atom. The van der Waals surface area contributed by atoms with Crippen molar-refractivity contribution in [1.82, 2.24) is 15.5 Å². The number of nitrogens with one attached hydrogen (secondary N) is 2. The zero-order valence-electron chi connectivity index (χ0n) is 15.5. The SMILES string of the molecule is CCNC(=NCC(c1ccc(C)o1)N1CCOCC1)NC(C)CC. The quantitative estimate of drug-likeness (QED) is 0.591. The maximum atomic E-state index is 5.90. The Morgan fingerprint density at radius 2 is 2.04 bits per heavy atom. The molecule has 1 aromatic heterocycles. The van der Waals surface area contributed by atoms with E-state index in [0.717, 1.165) is 56.7 Å². The second-order valence-electron chi connectivity index (χ2n) is 6.29. The molecule has 0 saturated carbocycles. The molecule has 2 atom stereocenters. The fourth-order valence-electron chi connectivity index (χ4n) is 2.74. The van der Waals surface area contributed by atoms with Crippen molar-refractivity contribution in [2.45, 2.75) is 46.2 Å². The first-order valence-electron chi connectivity index (χ1n) is 9.07. The van der Waals surface area contributed by atoms with Crippen LogP contribution in [0.1, 0.15) is 44.8 Å². The smallest absolute Gasteiger partial charge is 0.191 e. The lowest BCUT2D eigenvalue weighted by molar-refractivity contribution is 0.0135. The van der Waals surface area contributed by atoms with Gasteiger partial charge in [0.2, 0.25) is 0 Å². The van der Waals surface area contributed by atoms with Gasteiger partial charge in [0, 0.05) is 25.7 Å². The fourth-order valence-corrected chi connectivity index (χ4v) is 2.74.